The fraction of sp³-hybridized carbons (Fsp3) is 1.00. The van der Waals surface area contributed by atoms with Gasteiger partial charge in [-0.2, -0.15) is 0 Å². The molecule has 4 unspecified atom stereocenters. The summed E-state index contributed by atoms with van der Waals surface area (Å²) in [7, 11) is 6.18. The van der Waals surface area contributed by atoms with Gasteiger partial charge in [-0.3, -0.25) is 0 Å². The standard InChI is InChI=1S/C16H32O8/c1-9(17)15(18)11(19-3)7-14(22-6)24-16-10(2)23-13(21-5)8-12(16)20-4/h9-18H,7-8H2,1-6H3/t9?,10-,11?,12-,13+,14?,15?,16-/m1/s1. The van der Waals surface area contributed by atoms with Crippen molar-refractivity contribution in [2.75, 3.05) is 28.4 Å². The number of hydrogen-bond acceptors (Lipinski definition) is 8. The fourth-order valence-corrected chi connectivity index (χ4v) is 2.84. The monoisotopic (exact) mass is 352 g/mol. The van der Waals surface area contributed by atoms with Gasteiger partial charge in [0.05, 0.1) is 24.4 Å². The van der Waals surface area contributed by atoms with Gasteiger partial charge >= 0.3 is 0 Å². The largest absolute Gasteiger partial charge is 0.391 e. The van der Waals surface area contributed by atoms with Crippen LogP contribution in [0.2, 0.25) is 0 Å². The average Bonchev–Trinajstić information content (AvgIpc) is 2.58. The third-order valence-corrected chi connectivity index (χ3v) is 4.36. The van der Waals surface area contributed by atoms with Gasteiger partial charge in [-0.15, -0.1) is 0 Å². The van der Waals surface area contributed by atoms with E-state index < -0.39 is 24.6 Å². The van der Waals surface area contributed by atoms with Gasteiger partial charge in [0.25, 0.3) is 0 Å². The number of hydrogen-bond donors (Lipinski definition) is 2. The molecule has 1 rings (SSSR count). The quantitative estimate of drug-likeness (QED) is 0.542. The first-order valence-corrected chi connectivity index (χ1v) is 8.16. The molecule has 8 atom stereocenters. The summed E-state index contributed by atoms with van der Waals surface area (Å²) in [5.41, 5.74) is 0. The molecule has 24 heavy (non-hydrogen) atoms. The smallest absolute Gasteiger partial charge is 0.160 e. The molecule has 8 nitrogen and oxygen atoms in total. The zero-order valence-corrected chi connectivity index (χ0v) is 15.4. The van der Waals surface area contributed by atoms with Crippen molar-refractivity contribution in [1.82, 2.24) is 0 Å². The molecule has 0 spiro atoms. The molecular weight excluding hydrogens is 320 g/mol. The van der Waals surface area contributed by atoms with Gasteiger partial charge in [-0.1, -0.05) is 0 Å². The van der Waals surface area contributed by atoms with Crippen LogP contribution in [0.4, 0.5) is 0 Å². The molecule has 0 saturated carbocycles. The van der Waals surface area contributed by atoms with Gasteiger partial charge < -0.3 is 38.6 Å². The van der Waals surface area contributed by atoms with Crippen LogP contribution in [-0.2, 0) is 28.4 Å². The molecule has 0 aliphatic carbocycles. The molecule has 0 bridgehead atoms. The lowest BCUT2D eigenvalue weighted by Crippen LogP contribution is -2.51. The van der Waals surface area contributed by atoms with Gasteiger partial charge in [-0.25, -0.2) is 0 Å². The number of rotatable bonds is 10. The molecule has 8 heteroatoms. The third kappa shape index (κ3) is 5.89. The molecule has 0 aromatic carbocycles. The Hall–Kier alpha value is -0.320. The normalized spacial score (nSPS) is 33.0. The van der Waals surface area contributed by atoms with Crippen molar-refractivity contribution in [3.05, 3.63) is 0 Å². The molecule has 1 heterocycles. The Labute approximate surface area is 143 Å². The van der Waals surface area contributed by atoms with Gasteiger partial charge in [-0.05, 0) is 13.8 Å². The second-order valence-electron chi connectivity index (χ2n) is 6.02. The van der Waals surface area contributed by atoms with Gasteiger partial charge in [0.15, 0.2) is 12.6 Å². The van der Waals surface area contributed by atoms with Crippen molar-refractivity contribution in [3.63, 3.8) is 0 Å². The summed E-state index contributed by atoms with van der Waals surface area (Å²) in [6, 6.07) is 0. The first kappa shape index (κ1) is 21.7. The first-order valence-electron chi connectivity index (χ1n) is 8.16. The van der Waals surface area contributed by atoms with Crippen LogP contribution in [0.3, 0.4) is 0 Å². The van der Waals surface area contributed by atoms with Crippen LogP contribution < -0.4 is 0 Å². The zero-order valence-electron chi connectivity index (χ0n) is 15.4. The minimum Gasteiger partial charge on any atom is -0.391 e. The zero-order chi connectivity index (χ0) is 18.3. The number of ether oxygens (including phenoxy) is 6. The van der Waals surface area contributed by atoms with Crippen molar-refractivity contribution in [1.29, 1.82) is 0 Å². The van der Waals surface area contributed by atoms with E-state index in [0.29, 0.717) is 6.42 Å². The summed E-state index contributed by atoms with van der Waals surface area (Å²) < 4.78 is 33.1. The summed E-state index contributed by atoms with van der Waals surface area (Å²) >= 11 is 0. The van der Waals surface area contributed by atoms with E-state index in [0.717, 1.165) is 0 Å². The Kier molecular flexibility index (Phi) is 9.61. The van der Waals surface area contributed by atoms with Crippen molar-refractivity contribution in [3.8, 4) is 0 Å². The van der Waals surface area contributed by atoms with E-state index in [9.17, 15) is 10.2 Å². The van der Waals surface area contributed by atoms with Crippen molar-refractivity contribution in [2.45, 2.75) is 75.9 Å². The summed E-state index contributed by atoms with van der Waals surface area (Å²) in [5.74, 6) is 0. The van der Waals surface area contributed by atoms with Crippen LogP contribution in [0.25, 0.3) is 0 Å². The maximum atomic E-state index is 10.0. The van der Waals surface area contributed by atoms with E-state index in [1.807, 2.05) is 6.92 Å². The molecule has 2 N–H and O–H groups in total. The molecule has 0 aromatic heterocycles. The van der Waals surface area contributed by atoms with Gasteiger partial charge in [0, 0.05) is 41.3 Å². The van der Waals surface area contributed by atoms with Crippen LogP contribution >= 0.6 is 0 Å². The molecule has 144 valence electrons. The average molecular weight is 352 g/mol. The highest BCUT2D eigenvalue weighted by Crippen LogP contribution is 2.27. The van der Waals surface area contributed by atoms with E-state index in [-0.39, 0.29) is 31.0 Å². The van der Waals surface area contributed by atoms with E-state index in [4.69, 9.17) is 28.4 Å². The molecular formula is C16H32O8. The maximum absolute atomic E-state index is 10.0. The molecule has 0 amide bonds. The Morgan fingerprint density at radius 3 is 2.21 bits per heavy atom. The minimum atomic E-state index is -1.03. The molecule has 1 aliphatic rings. The Morgan fingerprint density at radius 1 is 1.08 bits per heavy atom. The lowest BCUT2D eigenvalue weighted by Gasteiger charge is -2.40. The molecule has 1 fully saturated rings. The van der Waals surface area contributed by atoms with E-state index >= 15 is 0 Å². The van der Waals surface area contributed by atoms with Crippen molar-refractivity contribution < 1.29 is 38.6 Å². The van der Waals surface area contributed by atoms with Crippen LogP contribution in [0.1, 0.15) is 26.7 Å². The minimum absolute atomic E-state index is 0.209. The maximum Gasteiger partial charge on any atom is 0.160 e. The second-order valence-corrected chi connectivity index (χ2v) is 6.02. The first-order chi connectivity index (χ1) is 11.4. The molecule has 1 saturated heterocycles. The second kappa shape index (κ2) is 10.6. The highest BCUT2D eigenvalue weighted by Gasteiger charge is 2.40. The molecule has 0 aromatic rings. The highest BCUT2D eigenvalue weighted by molar-refractivity contribution is 4.84. The Bertz CT molecular complexity index is 340. The van der Waals surface area contributed by atoms with Crippen LogP contribution in [0, 0.1) is 0 Å². The van der Waals surface area contributed by atoms with Crippen molar-refractivity contribution in [2.24, 2.45) is 0 Å². The number of aliphatic hydroxyl groups is 2. The Morgan fingerprint density at radius 2 is 1.75 bits per heavy atom. The predicted molar refractivity (Wildman–Crippen MR) is 85.5 cm³/mol. The number of aliphatic hydroxyl groups excluding tert-OH is 2. The summed E-state index contributed by atoms with van der Waals surface area (Å²) in [6.45, 7) is 3.38. The lowest BCUT2D eigenvalue weighted by molar-refractivity contribution is -0.286. The predicted octanol–water partition coefficient (Wildman–Crippen LogP) is 0.287. The van der Waals surface area contributed by atoms with Gasteiger partial charge in [0.1, 0.15) is 12.2 Å². The van der Waals surface area contributed by atoms with Crippen LogP contribution in [0.15, 0.2) is 0 Å². The SMILES string of the molecule is COC(CC(OC)C(O)C(C)O)O[C@@H]1[C@@H](C)O[C@H](OC)C[C@H]1OC. The molecule has 0 radical (unpaired) electrons. The number of methoxy groups -OCH3 is 4. The topological polar surface area (TPSA) is 95.8 Å². The van der Waals surface area contributed by atoms with Crippen LogP contribution in [0.5, 0.6) is 0 Å². The Balaban J connectivity index is 2.71. The van der Waals surface area contributed by atoms with Crippen molar-refractivity contribution >= 4 is 0 Å². The molecule has 1 aliphatic heterocycles. The van der Waals surface area contributed by atoms with Gasteiger partial charge in [0.2, 0.25) is 0 Å². The van der Waals surface area contributed by atoms with E-state index in [2.05, 4.69) is 0 Å². The van der Waals surface area contributed by atoms with Crippen LogP contribution in [-0.4, -0.2) is 87.9 Å². The summed E-state index contributed by atoms with van der Waals surface area (Å²) in [5, 5.41) is 19.5. The highest BCUT2D eigenvalue weighted by atomic mass is 16.7. The van der Waals surface area contributed by atoms with E-state index in [1.165, 1.54) is 21.1 Å². The van der Waals surface area contributed by atoms with E-state index in [1.54, 1.807) is 14.2 Å². The lowest BCUT2D eigenvalue weighted by atomic mass is 10.0. The summed E-state index contributed by atoms with van der Waals surface area (Å²) in [6.07, 6.45) is -3.57. The fourth-order valence-electron chi connectivity index (χ4n) is 2.84. The summed E-state index contributed by atoms with van der Waals surface area (Å²) in [4.78, 5) is 0. The third-order valence-electron chi connectivity index (χ3n) is 4.36.